The molecule has 0 spiro atoms. The number of nitrogens with one attached hydrogen (secondary N) is 1. The van der Waals surface area contributed by atoms with Crippen molar-refractivity contribution in [1.82, 2.24) is 19.9 Å². The quantitative estimate of drug-likeness (QED) is 0.403. The molecule has 0 aromatic carbocycles. The molecule has 10 nitrogen and oxygen atoms in total. The molecule has 2 aromatic rings. The number of carbonyl (C=O) groups excluding carboxylic acids is 2. The highest BCUT2D eigenvalue weighted by Gasteiger charge is 2.38. The first-order chi connectivity index (χ1) is 19.9. The van der Waals surface area contributed by atoms with Gasteiger partial charge in [0.05, 0.1) is 41.9 Å². The van der Waals surface area contributed by atoms with Crippen LogP contribution < -0.4 is 10.2 Å². The topological polar surface area (TPSA) is 110 Å². The molecule has 10 heteroatoms. The summed E-state index contributed by atoms with van der Waals surface area (Å²) in [7, 11) is 3.18. The zero-order valence-corrected chi connectivity index (χ0v) is 26.6. The van der Waals surface area contributed by atoms with E-state index in [0.717, 1.165) is 48.7 Å². The fraction of sp³-hybridized carbons (Fsp3) is 0.656. The molecule has 2 aliphatic rings. The number of nitrogens with zero attached hydrogens (tertiary/aromatic N) is 5. The Balaban J connectivity index is 1.42. The normalized spacial score (nSPS) is 20.5. The lowest BCUT2D eigenvalue weighted by Gasteiger charge is -2.47. The average molecular weight is 581 g/mol. The van der Waals surface area contributed by atoms with E-state index < -0.39 is 5.54 Å². The minimum absolute atomic E-state index is 0.114. The van der Waals surface area contributed by atoms with Gasteiger partial charge in [-0.1, -0.05) is 13.8 Å². The first kappa shape index (κ1) is 31.7. The first-order valence-electron chi connectivity index (χ1n) is 15.2. The van der Waals surface area contributed by atoms with Gasteiger partial charge in [0.25, 0.3) is 5.91 Å². The number of ether oxygens (including phenoxy) is 2. The molecule has 1 amide bonds. The molecule has 1 aliphatic heterocycles. The molecular formula is C32H48N6O4. The van der Waals surface area contributed by atoms with E-state index in [0.29, 0.717) is 48.6 Å². The van der Waals surface area contributed by atoms with Gasteiger partial charge in [0, 0.05) is 33.3 Å². The Morgan fingerprint density at radius 1 is 1.10 bits per heavy atom. The van der Waals surface area contributed by atoms with Gasteiger partial charge in [-0.3, -0.25) is 4.79 Å². The molecule has 4 rings (SSSR count). The maximum atomic E-state index is 13.8. The molecule has 2 fully saturated rings. The summed E-state index contributed by atoms with van der Waals surface area (Å²) in [6, 6.07) is 1.92. The van der Waals surface area contributed by atoms with Crippen molar-refractivity contribution in [1.29, 1.82) is 0 Å². The number of hydrogen-bond donors (Lipinski definition) is 1. The number of anilines is 2. The molecule has 42 heavy (non-hydrogen) atoms. The van der Waals surface area contributed by atoms with Gasteiger partial charge < -0.3 is 24.6 Å². The molecule has 1 aliphatic carbocycles. The van der Waals surface area contributed by atoms with Gasteiger partial charge in [0.15, 0.2) is 0 Å². The number of aromatic nitrogens is 3. The molecule has 1 saturated heterocycles. The largest absolute Gasteiger partial charge is 0.465 e. The summed E-state index contributed by atoms with van der Waals surface area (Å²) in [5.74, 6) is 1.89. The lowest BCUT2D eigenvalue weighted by molar-refractivity contribution is 0.0505. The van der Waals surface area contributed by atoms with Gasteiger partial charge in [-0.2, -0.15) is 0 Å². The second kappa shape index (κ2) is 13.4. The van der Waals surface area contributed by atoms with Crippen LogP contribution in [0.3, 0.4) is 0 Å². The Kier molecular flexibility index (Phi) is 10.1. The maximum Gasteiger partial charge on any atom is 0.339 e. The van der Waals surface area contributed by atoms with E-state index >= 15 is 0 Å². The standard InChI is InChI=1S/C32H48N6O4/c1-20(2)28-29(33-14-13-23-9-11-24(41-7)12-10-23)34-18-25(36-28)30(39)38-16-15-37(19-32(38,5)6)26-17-21(3)27(22(4)35-26)31(40)42-8/h17-18,20,23-24H,9-16,19H2,1-8H3,(H,33,34). The Morgan fingerprint density at radius 2 is 1.81 bits per heavy atom. The van der Waals surface area contributed by atoms with Crippen LogP contribution in [0.2, 0.25) is 0 Å². The van der Waals surface area contributed by atoms with Crippen molar-refractivity contribution < 1.29 is 19.1 Å². The molecule has 1 N–H and O–H groups in total. The lowest BCUT2D eigenvalue weighted by atomic mass is 9.85. The molecule has 1 saturated carbocycles. The SMILES string of the molecule is COC(=O)c1c(C)cc(N2CCN(C(=O)c3cnc(NCCC4CCC(OC)CC4)c(C(C)C)n3)C(C)(C)C2)nc1C. The molecule has 230 valence electrons. The van der Waals surface area contributed by atoms with Crippen molar-refractivity contribution >= 4 is 23.5 Å². The van der Waals surface area contributed by atoms with E-state index in [1.54, 1.807) is 6.20 Å². The maximum absolute atomic E-state index is 13.8. The van der Waals surface area contributed by atoms with Gasteiger partial charge in [-0.25, -0.2) is 19.7 Å². The molecule has 3 heterocycles. The molecule has 2 aromatic heterocycles. The summed E-state index contributed by atoms with van der Waals surface area (Å²) >= 11 is 0. The number of amides is 1. The summed E-state index contributed by atoms with van der Waals surface area (Å²) < 4.78 is 10.4. The fourth-order valence-electron chi connectivity index (χ4n) is 6.35. The number of pyridine rings is 1. The second-order valence-corrected chi connectivity index (χ2v) is 12.7. The Morgan fingerprint density at radius 3 is 2.40 bits per heavy atom. The summed E-state index contributed by atoms with van der Waals surface area (Å²) in [6.45, 7) is 14.6. The fourth-order valence-corrected chi connectivity index (χ4v) is 6.35. The first-order valence-corrected chi connectivity index (χ1v) is 15.2. The second-order valence-electron chi connectivity index (χ2n) is 12.7. The highest BCUT2D eigenvalue weighted by molar-refractivity contribution is 5.93. The number of rotatable bonds is 9. The number of carbonyl (C=O) groups is 2. The van der Waals surface area contributed by atoms with Crippen molar-refractivity contribution in [2.24, 2.45) is 5.92 Å². The van der Waals surface area contributed by atoms with Gasteiger partial charge in [-0.15, -0.1) is 0 Å². The molecule has 0 bridgehead atoms. The predicted octanol–water partition coefficient (Wildman–Crippen LogP) is 5.15. The van der Waals surface area contributed by atoms with Crippen LogP contribution in [0, 0.1) is 19.8 Å². The Labute approximate surface area is 250 Å². The third-order valence-corrected chi connectivity index (χ3v) is 8.78. The van der Waals surface area contributed by atoms with E-state index in [1.807, 2.05) is 31.9 Å². The van der Waals surface area contributed by atoms with Crippen molar-refractivity contribution in [3.05, 3.63) is 40.5 Å². The van der Waals surface area contributed by atoms with Crippen LogP contribution in [0.4, 0.5) is 11.6 Å². The van der Waals surface area contributed by atoms with Crippen LogP contribution in [0.25, 0.3) is 0 Å². The van der Waals surface area contributed by atoms with Gasteiger partial charge in [0.1, 0.15) is 17.3 Å². The number of hydrogen-bond acceptors (Lipinski definition) is 9. The van der Waals surface area contributed by atoms with Crippen molar-refractivity contribution in [2.75, 3.05) is 50.6 Å². The van der Waals surface area contributed by atoms with Crippen LogP contribution in [0.1, 0.15) is 104 Å². The Hall–Kier alpha value is -3.27. The number of esters is 1. The highest BCUT2D eigenvalue weighted by Crippen LogP contribution is 2.30. The van der Waals surface area contributed by atoms with E-state index in [1.165, 1.54) is 20.0 Å². The molecule has 0 radical (unpaired) electrons. The Bertz CT molecular complexity index is 1250. The molecular weight excluding hydrogens is 532 g/mol. The van der Waals surface area contributed by atoms with Gasteiger partial charge in [0.2, 0.25) is 0 Å². The minimum Gasteiger partial charge on any atom is -0.465 e. The molecule has 0 atom stereocenters. The van der Waals surface area contributed by atoms with Gasteiger partial charge >= 0.3 is 5.97 Å². The zero-order chi connectivity index (χ0) is 30.6. The number of methoxy groups -OCH3 is 2. The summed E-state index contributed by atoms with van der Waals surface area (Å²) in [6.07, 6.45) is 7.79. The van der Waals surface area contributed by atoms with Crippen molar-refractivity contribution in [3.8, 4) is 0 Å². The van der Waals surface area contributed by atoms with Crippen LogP contribution in [-0.4, -0.2) is 83.8 Å². The number of piperazine rings is 1. The summed E-state index contributed by atoms with van der Waals surface area (Å²) in [5.41, 5.74) is 2.68. The zero-order valence-electron chi connectivity index (χ0n) is 26.6. The van der Waals surface area contributed by atoms with Crippen molar-refractivity contribution in [3.63, 3.8) is 0 Å². The summed E-state index contributed by atoms with van der Waals surface area (Å²) in [5, 5.41) is 3.50. The minimum atomic E-state index is -0.474. The highest BCUT2D eigenvalue weighted by atomic mass is 16.5. The van der Waals surface area contributed by atoms with Gasteiger partial charge in [-0.05, 0) is 83.3 Å². The molecule has 0 unspecified atom stereocenters. The van der Waals surface area contributed by atoms with E-state index in [2.05, 4.69) is 42.9 Å². The van der Waals surface area contributed by atoms with Crippen LogP contribution >= 0.6 is 0 Å². The monoisotopic (exact) mass is 580 g/mol. The third kappa shape index (κ3) is 7.02. The smallest absolute Gasteiger partial charge is 0.339 e. The van der Waals surface area contributed by atoms with Crippen LogP contribution in [0.5, 0.6) is 0 Å². The average Bonchev–Trinajstić information content (AvgIpc) is 2.96. The van der Waals surface area contributed by atoms with Crippen molar-refractivity contribution in [2.45, 2.75) is 91.2 Å². The number of aryl methyl sites for hydroxylation is 2. The van der Waals surface area contributed by atoms with E-state index in [4.69, 9.17) is 19.4 Å². The van der Waals surface area contributed by atoms with E-state index in [-0.39, 0.29) is 17.8 Å². The van der Waals surface area contributed by atoms with E-state index in [9.17, 15) is 9.59 Å². The van der Waals surface area contributed by atoms with Crippen LogP contribution in [0.15, 0.2) is 12.3 Å². The lowest BCUT2D eigenvalue weighted by Crippen LogP contribution is -2.61. The summed E-state index contributed by atoms with van der Waals surface area (Å²) in [4.78, 5) is 44.3. The van der Waals surface area contributed by atoms with Crippen LogP contribution in [-0.2, 0) is 9.47 Å². The predicted molar refractivity (Wildman–Crippen MR) is 164 cm³/mol. The third-order valence-electron chi connectivity index (χ3n) is 8.78.